The standard InChI is InChI=1S/C3H4.2HI.V/c1-3-2;;;/h1H,2H3;2*1H;/q;;;+2/p-2. The fourth-order valence-corrected chi connectivity index (χ4v) is 0. The molecule has 0 rings (SSSR count). The van der Waals surface area contributed by atoms with Crippen LogP contribution in [-0.2, 0) is 9.47 Å². The summed E-state index contributed by atoms with van der Waals surface area (Å²) in [6.07, 6.45) is 4.60. The van der Waals surface area contributed by atoms with Crippen LogP contribution in [0.25, 0.3) is 0 Å². The summed E-state index contributed by atoms with van der Waals surface area (Å²) in [5, 5.41) is 0. The first kappa shape index (κ1) is 10.6. The van der Waals surface area contributed by atoms with Gasteiger partial charge in [-0.1, -0.05) is 0 Å². The van der Waals surface area contributed by atoms with Crippen molar-refractivity contribution in [3.63, 3.8) is 0 Å². The van der Waals surface area contributed by atoms with Crippen molar-refractivity contribution < 1.29 is 9.47 Å². The molecule has 6 heavy (non-hydrogen) atoms. The second-order valence-corrected chi connectivity index (χ2v) is 12.1. The number of halogens is 2. The second kappa shape index (κ2) is 16.0. The zero-order valence-corrected chi connectivity index (χ0v) is 8.99. The van der Waals surface area contributed by atoms with Crippen molar-refractivity contribution in [2.45, 2.75) is 6.92 Å². The van der Waals surface area contributed by atoms with Crippen molar-refractivity contribution in [2.24, 2.45) is 0 Å². The Hall–Kier alpha value is 1.60. The van der Waals surface area contributed by atoms with Crippen LogP contribution in [0.1, 0.15) is 6.92 Å². The summed E-state index contributed by atoms with van der Waals surface area (Å²) in [4.78, 5) is 0. The molecular weight excluding hydrogens is 341 g/mol. The van der Waals surface area contributed by atoms with Gasteiger partial charge in [0.05, 0.1) is 0 Å². The van der Waals surface area contributed by atoms with E-state index in [1.807, 2.05) is 0 Å². The SMILES string of the molecule is C#CC.[I][V][I]. The Morgan fingerprint density at radius 2 is 1.67 bits per heavy atom. The van der Waals surface area contributed by atoms with Gasteiger partial charge in [0.1, 0.15) is 0 Å². The number of hydrogen-bond donors (Lipinski definition) is 0. The predicted octanol–water partition coefficient (Wildman–Crippen LogP) is 2.41. The van der Waals surface area contributed by atoms with Crippen LogP contribution >= 0.6 is 40.0 Å². The third kappa shape index (κ3) is 46.2. The Morgan fingerprint density at radius 3 is 1.67 bits per heavy atom. The molecule has 0 bridgehead atoms. The van der Waals surface area contributed by atoms with Gasteiger partial charge < -0.3 is 0 Å². The van der Waals surface area contributed by atoms with E-state index in [1.165, 1.54) is 0 Å². The molecule has 0 aromatic heterocycles. The summed E-state index contributed by atoms with van der Waals surface area (Å²) in [6, 6.07) is 0. The Balaban J connectivity index is 0. The Morgan fingerprint density at radius 1 is 1.67 bits per heavy atom. The molecule has 0 aromatic carbocycles. The topological polar surface area (TPSA) is 0 Å². The molecule has 0 N–H and O–H groups in total. The van der Waals surface area contributed by atoms with Crippen LogP contribution < -0.4 is 0 Å². The monoisotopic (exact) mass is 345 g/mol. The van der Waals surface area contributed by atoms with Crippen LogP contribution in [0, 0.1) is 12.3 Å². The maximum absolute atomic E-state index is 4.60. The Kier molecular flexibility index (Phi) is 28.1. The quantitative estimate of drug-likeness (QED) is 0.467. The molecule has 0 amide bonds. The number of hydrogen-bond acceptors (Lipinski definition) is 0. The Bertz CT molecular complexity index is 38.5. The molecular formula is C3H4I2V. The summed E-state index contributed by atoms with van der Waals surface area (Å²) in [5.74, 6) is 2.25. The molecule has 0 radical (unpaired) electrons. The summed E-state index contributed by atoms with van der Waals surface area (Å²) < 4.78 is 0. The van der Waals surface area contributed by atoms with Gasteiger partial charge in [-0.05, 0) is 6.92 Å². The number of terminal acetylenes is 1. The molecule has 0 atom stereocenters. The zero-order valence-electron chi connectivity index (χ0n) is 3.28. The van der Waals surface area contributed by atoms with Crippen LogP contribution in [0.4, 0.5) is 0 Å². The van der Waals surface area contributed by atoms with E-state index in [0.29, 0.717) is 9.47 Å². The molecule has 0 aromatic rings. The Labute approximate surface area is 67.7 Å². The van der Waals surface area contributed by atoms with Crippen LogP contribution in [0.5, 0.6) is 0 Å². The first-order valence-electron chi connectivity index (χ1n) is 1.13. The predicted molar refractivity (Wildman–Crippen MR) is 42.5 cm³/mol. The molecule has 0 fully saturated rings. The first-order chi connectivity index (χ1) is 2.83. The van der Waals surface area contributed by atoms with Crippen molar-refractivity contribution in [3.8, 4) is 12.3 Å². The summed E-state index contributed by atoms with van der Waals surface area (Å²) >= 11 is 4.74. The van der Waals surface area contributed by atoms with Gasteiger partial charge >= 0.3 is 49.4 Å². The van der Waals surface area contributed by atoms with Crippen molar-refractivity contribution in [1.82, 2.24) is 0 Å². The zero-order chi connectivity index (χ0) is 5.41. The molecule has 3 heteroatoms. The van der Waals surface area contributed by atoms with Gasteiger partial charge in [0.25, 0.3) is 0 Å². The fourth-order valence-electron chi connectivity index (χ4n) is 0. The summed E-state index contributed by atoms with van der Waals surface area (Å²) in [6.45, 7) is 1.65. The van der Waals surface area contributed by atoms with Crippen LogP contribution in [0.3, 0.4) is 0 Å². The second-order valence-electron chi connectivity index (χ2n) is 0.353. The van der Waals surface area contributed by atoms with E-state index in [-0.39, 0.29) is 0 Å². The molecule has 0 saturated carbocycles. The van der Waals surface area contributed by atoms with E-state index in [9.17, 15) is 0 Å². The first-order valence-corrected chi connectivity index (χ1v) is 10.1. The molecule has 0 aliphatic carbocycles. The van der Waals surface area contributed by atoms with Gasteiger partial charge in [-0.2, -0.15) is 0 Å². The van der Waals surface area contributed by atoms with Gasteiger partial charge in [0.15, 0.2) is 0 Å². The number of rotatable bonds is 0. The van der Waals surface area contributed by atoms with Crippen molar-refractivity contribution >= 4 is 40.0 Å². The minimum atomic E-state index is 0.628. The van der Waals surface area contributed by atoms with Crippen molar-refractivity contribution in [3.05, 3.63) is 0 Å². The average molecular weight is 345 g/mol. The molecule has 0 spiro atoms. The van der Waals surface area contributed by atoms with Gasteiger partial charge in [-0.15, -0.1) is 12.3 Å². The molecule has 0 saturated heterocycles. The summed E-state index contributed by atoms with van der Waals surface area (Å²) in [7, 11) is 0.628. The fraction of sp³-hybridized carbons (Fsp3) is 0.333. The van der Waals surface area contributed by atoms with Gasteiger partial charge in [-0.3, -0.25) is 0 Å². The van der Waals surface area contributed by atoms with Gasteiger partial charge in [0, 0.05) is 0 Å². The molecule has 0 unspecified atom stereocenters. The summed E-state index contributed by atoms with van der Waals surface area (Å²) in [5.41, 5.74) is 0. The van der Waals surface area contributed by atoms with E-state index >= 15 is 0 Å². The van der Waals surface area contributed by atoms with E-state index in [0.717, 1.165) is 0 Å². The molecule has 0 heterocycles. The molecule has 35 valence electrons. The van der Waals surface area contributed by atoms with E-state index in [1.54, 1.807) is 6.92 Å². The van der Waals surface area contributed by atoms with E-state index < -0.39 is 0 Å². The van der Waals surface area contributed by atoms with E-state index in [4.69, 9.17) is 0 Å². The third-order valence-electron chi connectivity index (χ3n) is 0. The average Bonchev–Trinajstić information content (AvgIpc) is 1.39. The maximum atomic E-state index is 4.60. The van der Waals surface area contributed by atoms with Crippen molar-refractivity contribution in [2.75, 3.05) is 0 Å². The van der Waals surface area contributed by atoms with Crippen LogP contribution in [-0.4, -0.2) is 0 Å². The van der Waals surface area contributed by atoms with Gasteiger partial charge in [-0.25, -0.2) is 0 Å². The van der Waals surface area contributed by atoms with Gasteiger partial charge in [0.2, 0.25) is 0 Å². The van der Waals surface area contributed by atoms with Crippen LogP contribution in [0.2, 0.25) is 0 Å². The molecule has 0 nitrogen and oxygen atoms in total. The normalized spacial score (nSPS) is 3.67. The minimum absolute atomic E-state index is 0.628. The van der Waals surface area contributed by atoms with Crippen molar-refractivity contribution in [1.29, 1.82) is 0 Å². The van der Waals surface area contributed by atoms with Crippen LogP contribution in [0.15, 0.2) is 0 Å². The molecule has 0 aliphatic heterocycles. The van der Waals surface area contributed by atoms with E-state index in [2.05, 4.69) is 52.3 Å². The molecule has 0 aliphatic rings. The third-order valence-corrected chi connectivity index (χ3v) is 0.